The molecule has 0 spiro atoms. The lowest BCUT2D eigenvalue weighted by molar-refractivity contribution is 0.264. The first-order chi connectivity index (χ1) is 16.8. The molecule has 0 amide bonds. The zero-order valence-corrected chi connectivity index (χ0v) is 19.8. The van der Waals surface area contributed by atoms with Gasteiger partial charge in [-0.25, -0.2) is 13.6 Å². The lowest BCUT2D eigenvalue weighted by Gasteiger charge is -2.17. The van der Waals surface area contributed by atoms with Crippen LogP contribution in [0.15, 0.2) is 39.9 Å². The highest BCUT2D eigenvalue weighted by atomic mass is 35.5. The predicted molar refractivity (Wildman–Crippen MR) is 126 cm³/mol. The molecule has 1 saturated carbocycles. The molecule has 1 atom stereocenters. The molecule has 8 nitrogen and oxygen atoms in total. The van der Waals surface area contributed by atoms with Gasteiger partial charge in [0.15, 0.2) is 11.6 Å². The van der Waals surface area contributed by atoms with Crippen LogP contribution in [0, 0.1) is 17.6 Å². The summed E-state index contributed by atoms with van der Waals surface area (Å²) >= 11 is 6.21. The van der Waals surface area contributed by atoms with Gasteiger partial charge in [-0.1, -0.05) is 24.6 Å². The molecule has 2 heterocycles. The molecule has 1 aliphatic rings. The zero-order valence-electron chi connectivity index (χ0n) is 19.0. The Morgan fingerprint density at radius 3 is 2.46 bits per heavy atom. The van der Waals surface area contributed by atoms with E-state index in [1.807, 2.05) is 6.92 Å². The van der Waals surface area contributed by atoms with E-state index < -0.39 is 29.5 Å². The molecule has 1 fully saturated rings. The summed E-state index contributed by atoms with van der Waals surface area (Å²) in [5, 5.41) is 18.5. The summed E-state index contributed by atoms with van der Waals surface area (Å²) in [4.78, 5) is 26.2. The van der Waals surface area contributed by atoms with Crippen LogP contribution in [0.25, 0.3) is 22.1 Å². The molecule has 1 unspecified atom stereocenters. The zero-order chi connectivity index (χ0) is 25.0. The van der Waals surface area contributed by atoms with Gasteiger partial charge in [-0.05, 0) is 49.9 Å². The molecule has 1 aliphatic carbocycles. The van der Waals surface area contributed by atoms with E-state index in [0.717, 1.165) is 28.3 Å². The molecular formula is C24H22ClF2N5O3. The average Bonchev–Trinajstić information content (AvgIpc) is 3.63. The number of aliphatic hydroxyl groups is 1. The van der Waals surface area contributed by atoms with E-state index in [2.05, 4.69) is 10.2 Å². The maximum absolute atomic E-state index is 15.4. The first kappa shape index (κ1) is 23.4. The largest absolute Gasteiger partial charge is 0.388 e. The maximum atomic E-state index is 15.4. The van der Waals surface area contributed by atoms with Crippen LogP contribution in [0.1, 0.15) is 44.1 Å². The number of halogens is 3. The monoisotopic (exact) mass is 501 g/mol. The second-order valence-corrected chi connectivity index (χ2v) is 9.07. The van der Waals surface area contributed by atoms with Crippen LogP contribution in [0.5, 0.6) is 0 Å². The van der Waals surface area contributed by atoms with E-state index in [9.17, 15) is 19.1 Å². The highest BCUT2D eigenvalue weighted by Gasteiger charge is 2.33. The van der Waals surface area contributed by atoms with Crippen LogP contribution in [-0.4, -0.2) is 29.2 Å². The van der Waals surface area contributed by atoms with Gasteiger partial charge in [0.2, 0.25) is 0 Å². The van der Waals surface area contributed by atoms with Crippen molar-refractivity contribution in [3.63, 3.8) is 0 Å². The average molecular weight is 502 g/mol. The van der Waals surface area contributed by atoms with Crippen LogP contribution in [0.3, 0.4) is 0 Å². The fourth-order valence-electron chi connectivity index (χ4n) is 4.46. The Balaban J connectivity index is 1.83. The third-order valence-electron chi connectivity index (χ3n) is 6.53. The summed E-state index contributed by atoms with van der Waals surface area (Å²) in [6.45, 7) is 3.40. The first-order valence-corrected chi connectivity index (χ1v) is 11.6. The summed E-state index contributed by atoms with van der Waals surface area (Å²) in [6.07, 6.45) is 1.94. The van der Waals surface area contributed by atoms with Crippen molar-refractivity contribution < 1.29 is 13.9 Å². The van der Waals surface area contributed by atoms with Gasteiger partial charge in [0.05, 0.1) is 16.1 Å². The van der Waals surface area contributed by atoms with Crippen LogP contribution >= 0.6 is 11.6 Å². The van der Waals surface area contributed by atoms with Crippen molar-refractivity contribution in [3.8, 4) is 11.4 Å². The van der Waals surface area contributed by atoms with Crippen molar-refractivity contribution in [1.29, 1.82) is 0 Å². The molecule has 0 saturated heterocycles. The van der Waals surface area contributed by atoms with Gasteiger partial charge in [-0.3, -0.25) is 9.36 Å². The van der Waals surface area contributed by atoms with E-state index in [-0.39, 0.29) is 40.1 Å². The smallest absolute Gasteiger partial charge is 0.350 e. The molecule has 4 aromatic rings. The standard InChI is InChI=1S/C24H22ClF2N5O3/c1-3-30-20(11-33)28-31(24(30)35)19-10-14-15(9-18(19)27)23(34)32(22-16(25)5-4-6-17(22)26)29-21(14)12(2)13-7-8-13/h4-6,9-10,12-13,33H,3,7-8,11H2,1-2H3. The van der Waals surface area contributed by atoms with E-state index in [1.165, 1.54) is 28.8 Å². The normalized spacial score (nSPS) is 14.6. The third kappa shape index (κ3) is 3.77. The summed E-state index contributed by atoms with van der Waals surface area (Å²) in [7, 11) is 0. The van der Waals surface area contributed by atoms with Crippen LogP contribution in [0.2, 0.25) is 5.02 Å². The Morgan fingerprint density at radius 1 is 1.11 bits per heavy atom. The van der Waals surface area contributed by atoms with Crippen LogP contribution in [0.4, 0.5) is 8.78 Å². The molecule has 2 aromatic heterocycles. The van der Waals surface area contributed by atoms with Crippen molar-refractivity contribution in [1.82, 2.24) is 24.1 Å². The van der Waals surface area contributed by atoms with Crippen molar-refractivity contribution in [2.75, 3.05) is 0 Å². The van der Waals surface area contributed by atoms with Crippen LogP contribution < -0.4 is 11.2 Å². The van der Waals surface area contributed by atoms with Gasteiger partial charge >= 0.3 is 5.69 Å². The Bertz CT molecular complexity index is 1570. The van der Waals surface area contributed by atoms with E-state index >= 15 is 4.39 Å². The number of hydrogen-bond donors (Lipinski definition) is 1. The number of benzene rings is 2. The molecular weight excluding hydrogens is 480 g/mol. The second-order valence-electron chi connectivity index (χ2n) is 8.66. The van der Waals surface area contributed by atoms with Crippen molar-refractivity contribution in [2.45, 2.75) is 45.8 Å². The highest BCUT2D eigenvalue weighted by molar-refractivity contribution is 6.32. The molecule has 35 heavy (non-hydrogen) atoms. The number of aliphatic hydroxyl groups excluding tert-OH is 1. The maximum Gasteiger partial charge on any atom is 0.350 e. The van der Waals surface area contributed by atoms with Gasteiger partial charge in [-0.2, -0.15) is 14.5 Å². The molecule has 0 radical (unpaired) electrons. The second kappa shape index (κ2) is 8.69. The molecule has 2 aromatic carbocycles. The number of hydrogen-bond acceptors (Lipinski definition) is 5. The SMILES string of the molecule is CCn1c(CO)nn(-c2cc3c(C(C)C4CC4)nn(-c4c(F)cccc4Cl)c(=O)c3cc2F)c1=O. The quantitative estimate of drug-likeness (QED) is 0.435. The Labute approximate surface area is 203 Å². The summed E-state index contributed by atoms with van der Waals surface area (Å²) in [5.74, 6) is -1.33. The van der Waals surface area contributed by atoms with Crippen molar-refractivity contribution >= 4 is 22.4 Å². The van der Waals surface area contributed by atoms with Gasteiger partial charge in [0.25, 0.3) is 5.56 Å². The predicted octanol–water partition coefficient (Wildman–Crippen LogP) is 3.69. The minimum absolute atomic E-state index is 0.00532. The number of rotatable bonds is 6. The lowest BCUT2D eigenvalue weighted by Crippen LogP contribution is -2.27. The molecule has 0 aliphatic heterocycles. The Morgan fingerprint density at radius 2 is 1.86 bits per heavy atom. The van der Waals surface area contributed by atoms with Crippen molar-refractivity contribution in [2.24, 2.45) is 5.92 Å². The van der Waals surface area contributed by atoms with Crippen LogP contribution in [-0.2, 0) is 13.2 Å². The number of nitrogens with zero attached hydrogens (tertiary/aromatic N) is 5. The number of fused-ring (bicyclic) bond motifs is 1. The van der Waals surface area contributed by atoms with E-state index in [4.69, 9.17) is 11.6 Å². The first-order valence-electron chi connectivity index (χ1n) is 11.3. The molecule has 1 N–H and O–H groups in total. The number of aromatic nitrogens is 5. The summed E-state index contributed by atoms with van der Waals surface area (Å²) in [6, 6.07) is 6.42. The van der Waals surface area contributed by atoms with Gasteiger partial charge in [0.1, 0.15) is 23.8 Å². The molecule has 11 heteroatoms. The molecule has 0 bridgehead atoms. The summed E-state index contributed by atoms with van der Waals surface area (Å²) < 4.78 is 33.1. The summed E-state index contributed by atoms with van der Waals surface area (Å²) in [5.41, 5.74) is -1.28. The fraction of sp³-hybridized carbons (Fsp3) is 0.333. The fourth-order valence-corrected chi connectivity index (χ4v) is 4.70. The minimum Gasteiger partial charge on any atom is -0.388 e. The topological polar surface area (TPSA) is 94.9 Å². The van der Waals surface area contributed by atoms with Crippen molar-refractivity contribution in [3.05, 3.63) is 79.3 Å². The molecule has 182 valence electrons. The Kier molecular flexibility index (Phi) is 5.80. The molecule has 5 rings (SSSR count). The van der Waals surface area contributed by atoms with E-state index in [0.29, 0.717) is 17.0 Å². The van der Waals surface area contributed by atoms with Gasteiger partial charge in [-0.15, -0.1) is 5.10 Å². The van der Waals surface area contributed by atoms with E-state index in [1.54, 1.807) is 6.92 Å². The lowest BCUT2D eigenvalue weighted by atomic mass is 9.96. The van der Waals surface area contributed by atoms with Gasteiger partial charge in [0, 0.05) is 17.8 Å². The third-order valence-corrected chi connectivity index (χ3v) is 6.83. The highest BCUT2D eigenvalue weighted by Crippen LogP contribution is 2.43. The number of para-hydroxylation sites is 1. The Hall–Kier alpha value is -3.37. The van der Waals surface area contributed by atoms with Gasteiger partial charge < -0.3 is 5.11 Å². The minimum atomic E-state index is -0.871.